The molecule has 2 fully saturated rings. The third-order valence-electron chi connectivity index (χ3n) is 5.86. The summed E-state index contributed by atoms with van der Waals surface area (Å²) in [6.45, 7) is 12.6. The quantitative estimate of drug-likeness (QED) is 0.199. The Labute approximate surface area is 230 Å². The van der Waals surface area contributed by atoms with E-state index in [1.807, 2.05) is 0 Å². The Morgan fingerprint density at radius 2 is 1.50 bits per heavy atom. The molecule has 2 aliphatic heterocycles. The van der Waals surface area contributed by atoms with Gasteiger partial charge in [0.15, 0.2) is 5.41 Å². The average Bonchev–Trinajstić information content (AvgIpc) is 3.46. The molecule has 2 heterocycles. The summed E-state index contributed by atoms with van der Waals surface area (Å²) in [5.41, 5.74) is -3.71. The summed E-state index contributed by atoms with van der Waals surface area (Å²) in [6, 6.07) is 0. The number of carbonyl (C=O) groups is 4. The van der Waals surface area contributed by atoms with Crippen LogP contribution in [0.1, 0.15) is 54.4 Å². The number of amides is 2. The Bertz CT molecular complexity index is 986. The number of esters is 1. The number of likely N-dealkylation sites (tertiary alicyclic amines) is 2. The highest BCUT2D eigenvalue weighted by atomic mass is 19.3. The van der Waals surface area contributed by atoms with Gasteiger partial charge in [-0.2, -0.15) is 8.78 Å². The predicted octanol–water partition coefficient (Wildman–Crippen LogP) is 5.09. The number of carbonyl (C=O) groups excluding carboxylic acids is 3. The van der Waals surface area contributed by atoms with Crippen molar-refractivity contribution in [3.8, 4) is 0 Å². The van der Waals surface area contributed by atoms with E-state index in [4.69, 9.17) is 19.3 Å². The molecule has 14 heteroatoms. The number of halogens is 4. The highest BCUT2D eigenvalue weighted by Gasteiger charge is 2.61. The number of alkyl halides is 2. The molecule has 2 rings (SSSR count). The van der Waals surface area contributed by atoms with Gasteiger partial charge in [0.1, 0.15) is 17.8 Å². The SMILES string of the molecule is C=CC(F)(F)C1(C(=O)O)CCN(C(=O)OC(C)(C)C)C1.CC(C)(C)OC(=O)N1CCC(C(=O)OCC=C(F)F)C1. The Balaban J connectivity index is 0.000000400. The van der Waals surface area contributed by atoms with Gasteiger partial charge in [0.25, 0.3) is 12.0 Å². The van der Waals surface area contributed by atoms with Crippen molar-refractivity contribution >= 4 is 24.1 Å². The zero-order valence-electron chi connectivity index (χ0n) is 23.6. The van der Waals surface area contributed by atoms with Crippen LogP contribution in [0, 0.1) is 11.3 Å². The normalized spacial score (nSPS) is 21.1. The van der Waals surface area contributed by atoms with Crippen LogP contribution in [0.3, 0.4) is 0 Å². The monoisotopic (exact) mass is 582 g/mol. The number of aliphatic carboxylic acids is 1. The van der Waals surface area contributed by atoms with Crippen LogP contribution in [0.15, 0.2) is 24.8 Å². The van der Waals surface area contributed by atoms with E-state index in [1.165, 1.54) is 4.90 Å². The summed E-state index contributed by atoms with van der Waals surface area (Å²) in [4.78, 5) is 48.9. The Hall–Kier alpha value is -3.32. The van der Waals surface area contributed by atoms with E-state index in [0.717, 1.165) is 4.90 Å². The van der Waals surface area contributed by atoms with Gasteiger partial charge in [0.2, 0.25) is 0 Å². The lowest BCUT2D eigenvalue weighted by molar-refractivity contribution is -0.167. The van der Waals surface area contributed by atoms with Crippen molar-refractivity contribution in [2.45, 2.75) is 71.5 Å². The van der Waals surface area contributed by atoms with Crippen LogP contribution in [0.4, 0.5) is 27.2 Å². The number of allylic oxidation sites excluding steroid dienone is 1. The van der Waals surface area contributed by atoms with Crippen molar-refractivity contribution in [3.63, 3.8) is 0 Å². The van der Waals surface area contributed by atoms with E-state index in [-0.39, 0.29) is 19.5 Å². The van der Waals surface area contributed by atoms with Crippen molar-refractivity contribution in [2.24, 2.45) is 11.3 Å². The van der Waals surface area contributed by atoms with Crippen LogP contribution < -0.4 is 0 Å². The number of nitrogens with zero attached hydrogens (tertiary/aromatic N) is 2. The minimum absolute atomic E-state index is 0.0926. The molecule has 228 valence electrons. The van der Waals surface area contributed by atoms with Crippen molar-refractivity contribution in [1.82, 2.24) is 9.80 Å². The lowest BCUT2D eigenvalue weighted by Gasteiger charge is -2.31. The van der Waals surface area contributed by atoms with Gasteiger partial charge in [0, 0.05) is 32.3 Å². The second-order valence-corrected chi connectivity index (χ2v) is 11.4. The summed E-state index contributed by atoms with van der Waals surface area (Å²) < 4.78 is 66.2. The molecule has 2 atom stereocenters. The molecule has 0 saturated carbocycles. The molecule has 0 spiro atoms. The highest BCUT2D eigenvalue weighted by Crippen LogP contribution is 2.45. The maximum Gasteiger partial charge on any atom is 0.410 e. The zero-order valence-corrected chi connectivity index (χ0v) is 23.6. The second-order valence-electron chi connectivity index (χ2n) is 11.4. The molecule has 2 amide bonds. The van der Waals surface area contributed by atoms with Crippen molar-refractivity contribution in [1.29, 1.82) is 0 Å². The molecule has 0 aliphatic carbocycles. The van der Waals surface area contributed by atoms with E-state index in [1.54, 1.807) is 41.5 Å². The standard InChI is InChI=1S/2C13H19F2NO4/c1-13(2,3)20-12(18)16-6-4-9(8-16)11(17)19-7-5-10(14)15;1-5-13(14,15)12(9(17)18)6-7-16(8-12)10(19)20-11(2,3)4/h5,9H,4,6-8H2,1-3H3;5H,1,6-8H2,2-4H3,(H,17,18). The first-order valence-corrected chi connectivity index (χ1v) is 12.5. The molecule has 0 aromatic heterocycles. The van der Waals surface area contributed by atoms with Crippen LogP contribution in [0.25, 0.3) is 0 Å². The third kappa shape index (κ3) is 10.0. The van der Waals surface area contributed by atoms with E-state index in [2.05, 4.69) is 6.58 Å². The largest absolute Gasteiger partial charge is 0.481 e. The number of ether oxygens (including phenoxy) is 3. The van der Waals surface area contributed by atoms with E-state index in [0.29, 0.717) is 25.1 Å². The molecule has 2 aliphatic rings. The minimum Gasteiger partial charge on any atom is -0.481 e. The average molecular weight is 583 g/mol. The van der Waals surface area contributed by atoms with Gasteiger partial charge in [0.05, 0.1) is 5.92 Å². The fourth-order valence-corrected chi connectivity index (χ4v) is 3.83. The Morgan fingerprint density at radius 3 is 1.95 bits per heavy atom. The maximum absolute atomic E-state index is 13.9. The molecule has 0 radical (unpaired) electrons. The number of hydrogen-bond donors (Lipinski definition) is 1. The van der Waals surface area contributed by atoms with Crippen molar-refractivity contribution in [2.75, 3.05) is 32.8 Å². The van der Waals surface area contributed by atoms with Crippen LogP contribution in [-0.2, 0) is 23.8 Å². The van der Waals surface area contributed by atoms with E-state index < -0.39 is 71.8 Å². The predicted molar refractivity (Wildman–Crippen MR) is 135 cm³/mol. The Morgan fingerprint density at radius 1 is 0.975 bits per heavy atom. The summed E-state index contributed by atoms with van der Waals surface area (Å²) in [7, 11) is 0. The molecular weight excluding hydrogens is 544 g/mol. The van der Waals surface area contributed by atoms with Gasteiger partial charge >= 0.3 is 24.1 Å². The molecule has 2 unspecified atom stereocenters. The first-order chi connectivity index (χ1) is 18.1. The molecule has 10 nitrogen and oxygen atoms in total. The molecule has 40 heavy (non-hydrogen) atoms. The van der Waals surface area contributed by atoms with Crippen LogP contribution >= 0.6 is 0 Å². The summed E-state index contributed by atoms with van der Waals surface area (Å²) in [5, 5.41) is 9.16. The van der Waals surface area contributed by atoms with Gasteiger partial charge in [-0.05, 0) is 60.5 Å². The van der Waals surface area contributed by atoms with Gasteiger partial charge in [-0.25, -0.2) is 18.4 Å². The third-order valence-corrected chi connectivity index (χ3v) is 5.86. The fourth-order valence-electron chi connectivity index (χ4n) is 3.83. The topological polar surface area (TPSA) is 123 Å². The number of rotatable bonds is 6. The van der Waals surface area contributed by atoms with Crippen LogP contribution in [0.5, 0.6) is 0 Å². The molecule has 0 aromatic rings. The number of carboxylic acid groups (broad SMARTS) is 1. The van der Waals surface area contributed by atoms with Gasteiger partial charge < -0.3 is 29.1 Å². The maximum atomic E-state index is 13.9. The van der Waals surface area contributed by atoms with Crippen LogP contribution in [-0.4, -0.2) is 88.9 Å². The molecular formula is C26H38F4N2O8. The van der Waals surface area contributed by atoms with Crippen molar-refractivity contribution < 1.29 is 56.1 Å². The van der Waals surface area contributed by atoms with E-state index >= 15 is 0 Å². The zero-order chi connectivity index (χ0) is 31.1. The Kier molecular flexibility index (Phi) is 11.6. The van der Waals surface area contributed by atoms with E-state index in [9.17, 15) is 36.7 Å². The highest BCUT2D eigenvalue weighted by molar-refractivity contribution is 5.79. The second kappa shape index (κ2) is 13.4. The molecule has 2 saturated heterocycles. The lowest BCUT2D eigenvalue weighted by Crippen LogP contribution is -2.49. The van der Waals surface area contributed by atoms with Gasteiger partial charge in [-0.1, -0.05) is 6.58 Å². The number of hydrogen-bond acceptors (Lipinski definition) is 7. The number of carboxylic acids is 1. The van der Waals surface area contributed by atoms with Crippen LogP contribution in [0.2, 0.25) is 0 Å². The minimum atomic E-state index is -3.60. The van der Waals surface area contributed by atoms with Gasteiger partial charge in [-0.15, -0.1) is 0 Å². The lowest BCUT2D eigenvalue weighted by atomic mass is 9.80. The van der Waals surface area contributed by atoms with Crippen molar-refractivity contribution in [3.05, 3.63) is 24.8 Å². The summed E-state index contributed by atoms with van der Waals surface area (Å²) in [5.74, 6) is -6.31. The van der Waals surface area contributed by atoms with Gasteiger partial charge in [-0.3, -0.25) is 9.59 Å². The molecule has 1 N–H and O–H groups in total. The molecule has 0 bridgehead atoms. The fraction of sp³-hybridized carbons (Fsp3) is 0.692. The summed E-state index contributed by atoms with van der Waals surface area (Å²) >= 11 is 0. The molecule has 0 aromatic carbocycles. The smallest absolute Gasteiger partial charge is 0.410 e. The first kappa shape index (κ1) is 34.7. The summed E-state index contributed by atoms with van der Waals surface area (Å²) in [6.07, 6.45) is -2.22. The first-order valence-electron chi connectivity index (χ1n) is 12.5.